The molecule has 25 heavy (non-hydrogen) atoms. The van der Waals surface area contributed by atoms with Gasteiger partial charge in [0.15, 0.2) is 0 Å². The third-order valence-corrected chi connectivity index (χ3v) is 5.14. The smallest absolute Gasteiger partial charge is 0.236 e. The first-order valence-corrected chi connectivity index (χ1v) is 9.39. The maximum absolute atomic E-state index is 12.4. The zero-order valence-corrected chi connectivity index (χ0v) is 14.9. The lowest BCUT2D eigenvalue weighted by Crippen LogP contribution is -2.52. The number of likely N-dealkylation sites (tertiary alicyclic amines) is 1. The van der Waals surface area contributed by atoms with E-state index in [-0.39, 0.29) is 11.8 Å². The van der Waals surface area contributed by atoms with E-state index >= 15 is 0 Å². The summed E-state index contributed by atoms with van der Waals surface area (Å²) in [6.07, 6.45) is 8.32. The molecule has 0 spiro atoms. The summed E-state index contributed by atoms with van der Waals surface area (Å²) >= 11 is 0. The Morgan fingerprint density at radius 1 is 0.920 bits per heavy atom. The van der Waals surface area contributed by atoms with Crippen LogP contribution in [0.1, 0.15) is 31.2 Å². The molecule has 0 saturated carbocycles. The first-order chi connectivity index (χ1) is 12.2. The van der Waals surface area contributed by atoms with Crippen molar-refractivity contribution >= 4 is 11.8 Å². The molecule has 0 unspecified atom stereocenters. The Morgan fingerprint density at radius 3 is 2.32 bits per heavy atom. The Morgan fingerprint density at radius 2 is 1.64 bits per heavy atom. The molecule has 3 heterocycles. The van der Waals surface area contributed by atoms with Crippen LogP contribution in [0.15, 0.2) is 24.5 Å². The standard InChI is InChI=1S/C19H28N4O2/c24-18(7-6-17-5-4-8-20-15-17)23-13-11-21(12-14-23)16-19(25)22-9-2-1-3-10-22/h4-5,8,15H,1-3,6-7,9-14,16H2. The highest BCUT2D eigenvalue weighted by Crippen LogP contribution is 2.11. The fraction of sp³-hybridized carbons (Fsp3) is 0.632. The number of piperazine rings is 1. The number of hydrogen-bond donors (Lipinski definition) is 0. The van der Waals surface area contributed by atoms with Gasteiger partial charge >= 0.3 is 0 Å². The summed E-state index contributed by atoms with van der Waals surface area (Å²) in [4.78, 5) is 34.9. The minimum Gasteiger partial charge on any atom is -0.342 e. The quantitative estimate of drug-likeness (QED) is 0.805. The second-order valence-corrected chi connectivity index (χ2v) is 6.96. The van der Waals surface area contributed by atoms with Crippen molar-refractivity contribution in [2.45, 2.75) is 32.1 Å². The van der Waals surface area contributed by atoms with Crippen molar-refractivity contribution in [2.75, 3.05) is 45.8 Å². The van der Waals surface area contributed by atoms with Gasteiger partial charge in [0.1, 0.15) is 0 Å². The molecule has 2 aliphatic rings. The first kappa shape index (κ1) is 17.9. The number of pyridine rings is 1. The Bertz CT molecular complexity index is 564. The van der Waals surface area contributed by atoms with Crippen molar-refractivity contribution < 1.29 is 9.59 Å². The van der Waals surface area contributed by atoms with Crippen LogP contribution < -0.4 is 0 Å². The molecule has 3 rings (SSSR count). The van der Waals surface area contributed by atoms with Crippen molar-refractivity contribution in [3.63, 3.8) is 0 Å². The highest BCUT2D eigenvalue weighted by atomic mass is 16.2. The van der Waals surface area contributed by atoms with E-state index in [0.29, 0.717) is 13.0 Å². The van der Waals surface area contributed by atoms with Gasteiger partial charge in [-0.2, -0.15) is 0 Å². The van der Waals surface area contributed by atoms with Gasteiger partial charge in [0, 0.05) is 58.1 Å². The predicted molar refractivity (Wildman–Crippen MR) is 96.0 cm³/mol. The van der Waals surface area contributed by atoms with Gasteiger partial charge in [0.25, 0.3) is 0 Å². The second kappa shape index (κ2) is 8.94. The minimum atomic E-state index is 0.200. The summed E-state index contributed by atoms with van der Waals surface area (Å²) in [5, 5.41) is 0. The van der Waals surface area contributed by atoms with E-state index in [2.05, 4.69) is 9.88 Å². The molecule has 2 aliphatic heterocycles. The number of carbonyl (C=O) groups is 2. The molecule has 2 amide bonds. The van der Waals surface area contributed by atoms with Gasteiger partial charge in [-0.25, -0.2) is 0 Å². The van der Waals surface area contributed by atoms with Crippen molar-refractivity contribution in [2.24, 2.45) is 0 Å². The van der Waals surface area contributed by atoms with Crippen LogP contribution in [-0.4, -0.2) is 77.3 Å². The van der Waals surface area contributed by atoms with E-state index in [4.69, 9.17) is 0 Å². The molecule has 2 fully saturated rings. The minimum absolute atomic E-state index is 0.200. The number of hydrogen-bond acceptors (Lipinski definition) is 4. The summed E-state index contributed by atoms with van der Waals surface area (Å²) in [7, 11) is 0. The highest BCUT2D eigenvalue weighted by molar-refractivity contribution is 5.78. The lowest BCUT2D eigenvalue weighted by atomic mass is 10.1. The molecule has 0 aliphatic carbocycles. The Labute approximate surface area is 149 Å². The summed E-state index contributed by atoms with van der Waals surface area (Å²) in [5.41, 5.74) is 1.10. The number of rotatable bonds is 5. The molecule has 1 aromatic rings. The van der Waals surface area contributed by atoms with Gasteiger partial charge in [-0.05, 0) is 37.3 Å². The number of piperidine rings is 1. The van der Waals surface area contributed by atoms with Crippen molar-refractivity contribution in [3.05, 3.63) is 30.1 Å². The first-order valence-electron chi connectivity index (χ1n) is 9.39. The molecule has 0 aromatic carbocycles. The molecule has 0 atom stereocenters. The van der Waals surface area contributed by atoms with Crippen LogP contribution in [0.3, 0.4) is 0 Å². The fourth-order valence-corrected chi connectivity index (χ4v) is 3.55. The highest BCUT2D eigenvalue weighted by Gasteiger charge is 2.24. The van der Waals surface area contributed by atoms with Crippen LogP contribution in [0.5, 0.6) is 0 Å². The van der Waals surface area contributed by atoms with Gasteiger partial charge in [-0.1, -0.05) is 6.07 Å². The van der Waals surface area contributed by atoms with Crippen LogP contribution in [0, 0.1) is 0 Å². The van der Waals surface area contributed by atoms with Gasteiger partial charge in [-0.3, -0.25) is 19.5 Å². The number of aromatic nitrogens is 1. The molecule has 0 bridgehead atoms. The lowest BCUT2D eigenvalue weighted by Gasteiger charge is -2.36. The SMILES string of the molecule is O=C(CCc1cccnc1)N1CCN(CC(=O)N2CCCCC2)CC1. The van der Waals surface area contributed by atoms with Gasteiger partial charge in [-0.15, -0.1) is 0 Å². The molecule has 6 nitrogen and oxygen atoms in total. The maximum Gasteiger partial charge on any atom is 0.236 e. The molecular weight excluding hydrogens is 316 g/mol. The Kier molecular flexibility index (Phi) is 6.39. The Balaban J connectivity index is 1.37. The topological polar surface area (TPSA) is 56.8 Å². The lowest BCUT2D eigenvalue weighted by molar-refractivity contribution is -0.135. The van der Waals surface area contributed by atoms with E-state index in [1.54, 1.807) is 6.20 Å². The molecule has 0 N–H and O–H groups in total. The van der Waals surface area contributed by atoms with Crippen molar-refractivity contribution in [1.29, 1.82) is 0 Å². The van der Waals surface area contributed by atoms with E-state index in [1.807, 2.05) is 28.1 Å². The van der Waals surface area contributed by atoms with Crippen LogP contribution in [0.25, 0.3) is 0 Å². The molecule has 0 radical (unpaired) electrons. The average molecular weight is 344 g/mol. The van der Waals surface area contributed by atoms with Crippen molar-refractivity contribution in [1.82, 2.24) is 19.7 Å². The largest absolute Gasteiger partial charge is 0.342 e. The van der Waals surface area contributed by atoms with E-state index in [1.165, 1.54) is 6.42 Å². The molecule has 6 heteroatoms. The van der Waals surface area contributed by atoms with Gasteiger partial charge < -0.3 is 9.80 Å². The molecule has 1 aromatic heterocycles. The molecule has 136 valence electrons. The fourth-order valence-electron chi connectivity index (χ4n) is 3.55. The van der Waals surface area contributed by atoms with Crippen LogP contribution in [0.2, 0.25) is 0 Å². The second-order valence-electron chi connectivity index (χ2n) is 6.96. The predicted octanol–water partition coefficient (Wildman–Crippen LogP) is 1.17. The monoisotopic (exact) mass is 344 g/mol. The normalized spacial score (nSPS) is 19.0. The number of amides is 2. The average Bonchev–Trinajstić information content (AvgIpc) is 2.68. The summed E-state index contributed by atoms with van der Waals surface area (Å²) in [6.45, 7) is 5.34. The van der Waals surface area contributed by atoms with Crippen LogP contribution in [0.4, 0.5) is 0 Å². The number of aryl methyl sites for hydroxylation is 1. The van der Waals surface area contributed by atoms with Crippen LogP contribution in [-0.2, 0) is 16.0 Å². The van der Waals surface area contributed by atoms with Gasteiger partial charge in [0.2, 0.25) is 11.8 Å². The Hall–Kier alpha value is -1.95. The van der Waals surface area contributed by atoms with Crippen molar-refractivity contribution in [3.8, 4) is 0 Å². The van der Waals surface area contributed by atoms with E-state index in [9.17, 15) is 9.59 Å². The summed E-state index contributed by atoms with van der Waals surface area (Å²) in [5.74, 6) is 0.446. The maximum atomic E-state index is 12.4. The van der Waals surface area contributed by atoms with E-state index in [0.717, 1.165) is 64.1 Å². The number of nitrogens with zero attached hydrogens (tertiary/aromatic N) is 4. The molecule has 2 saturated heterocycles. The summed E-state index contributed by atoms with van der Waals surface area (Å²) < 4.78 is 0. The third kappa shape index (κ3) is 5.26. The number of carbonyl (C=O) groups excluding carboxylic acids is 2. The molecular formula is C19H28N4O2. The zero-order valence-electron chi connectivity index (χ0n) is 14.9. The van der Waals surface area contributed by atoms with E-state index < -0.39 is 0 Å². The summed E-state index contributed by atoms with van der Waals surface area (Å²) in [6, 6.07) is 3.91. The third-order valence-electron chi connectivity index (χ3n) is 5.14. The zero-order chi connectivity index (χ0) is 17.5. The van der Waals surface area contributed by atoms with Crippen LogP contribution >= 0.6 is 0 Å². The van der Waals surface area contributed by atoms with Gasteiger partial charge in [0.05, 0.1) is 6.54 Å².